The number of rotatable bonds is 3. The first-order valence-corrected chi connectivity index (χ1v) is 3.49. The lowest BCUT2D eigenvalue weighted by molar-refractivity contribution is 0.687. The summed E-state index contributed by atoms with van der Waals surface area (Å²) in [5, 5.41) is 3.02. The van der Waals surface area contributed by atoms with E-state index in [-0.39, 0.29) is 6.04 Å². The van der Waals surface area contributed by atoms with Crippen LogP contribution in [-0.2, 0) is 0 Å². The molecule has 0 aliphatic heterocycles. The van der Waals surface area contributed by atoms with Crippen molar-refractivity contribution in [2.75, 3.05) is 7.05 Å². The molecule has 0 aromatic heterocycles. The topological polar surface area (TPSA) is 62.4 Å². The molecule has 4 nitrogen and oxygen atoms in total. The summed E-state index contributed by atoms with van der Waals surface area (Å²) in [6.07, 6.45) is 0. The van der Waals surface area contributed by atoms with E-state index in [0.29, 0.717) is 5.84 Å². The highest BCUT2D eigenvalue weighted by atomic mass is 15.2. The molecular formula is C7H16N4. The van der Waals surface area contributed by atoms with E-state index in [4.69, 9.17) is 5.84 Å². The van der Waals surface area contributed by atoms with Crippen LogP contribution in [0, 0.1) is 0 Å². The molecule has 0 saturated heterocycles. The number of hydrogen-bond acceptors (Lipinski definition) is 3. The molecule has 0 rings (SSSR count). The summed E-state index contributed by atoms with van der Waals surface area (Å²) in [6.45, 7) is 7.53. The number of likely N-dealkylation sites (N-methyl/N-ethyl adjacent to an activating group) is 1. The highest BCUT2D eigenvalue weighted by molar-refractivity contribution is 5.79. The van der Waals surface area contributed by atoms with Crippen molar-refractivity contribution in [3.63, 3.8) is 0 Å². The molecule has 0 unspecified atom stereocenters. The van der Waals surface area contributed by atoms with Gasteiger partial charge in [-0.2, -0.15) is 0 Å². The van der Waals surface area contributed by atoms with E-state index in [1.165, 1.54) is 0 Å². The molecule has 64 valence electrons. The summed E-state index contributed by atoms with van der Waals surface area (Å²) < 4.78 is 0. The molecule has 0 amide bonds. The first-order chi connectivity index (χ1) is 5.11. The van der Waals surface area contributed by atoms with E-state index in [1.54, 1.807) is 6.92 Å². The smallest absolute Gasteiger partial charge is 0.113 e. The lowest BCUT2D eigenvalue weighted by atomic mass is 10.3. The largest absolute Gasteiger partial charge is 0.312 e. The fourth-order valence-electron chi connectivity index (χ4n) is 0.511. The van der Waals surface area contributed by atoms with Gasteiger partial charge in [0, 0.05) is 6.04 Å². The minimum atomic E-state index is 0.179. The second kappa shape index (κ2) is 4.87. The van der Waals surface area contributed by atoms with Crippen molar-refractivity contribution in [2.24, 2.45) is 10.8 Å². The van der Waals surface area contributed by atoms with Crippen molar-refractivity contribution in [1.82, 2.24) is 10.7 Å². The lowest BCUT2D eigenvalue weighted by Gasteiger charge is -2.09. The van der Waals surface area contributed by atoms with Gasteiger partial charge in [-0.15, -0.1) is 0 Å². The van der Waals surface area contributed by atoms with E-state index in [0.717, 1.165) is 5.70 Å². The van der Waals surface area contributed by atoms with Crippen LogP contribution in [0.2, 0.25) is 0 Å². The Morgan fingerprint density at radius 1 is 1.64 bits per heavy atom. The third kappa shape index (κ3) is 3.75. The van der Waals surface area contributed by atoms with Crippen molar-refractivity contribution in [2.45, 2.75) is 19.9 Å². The number of amidine groups is 1. The first-order valence-electron chi connectivity index (χ1n) is 3.49. The van der Waals surface area contributed by atoms with Crippen LogP contribution >= 0.6 is 0 Å². The molecule has 0 spiro atoms. The van der Waals surface area contributed by atoms with Crippen LogP contribution in [0.4, 0.5) is 0 Å². The maximum atomic E-state index is 5.12. The van der Waals surface area contributed by atoms with Crippen molar-refractivity contribution in [1.29, 1.82) is 0 Å². The Morgan fingerprint density at radius 2 is 2.18 bits per heavy atom. The molecule has 1 atom stereocenters. The predicted molar refractivity (Wildman–Crippen MR) is 48.1 cm³/mol. The van der Waals surface area contributed by atoms with Crippen molar-refractivity contribution >= 4 is 5.84 Å². The van der Waals surface area contributed by atoms with Crippen molar-refractivity contribution in [3.05, 3.63) is 12.3 Å². The molecule has 0 heterocycles. The summed E-state index contributed by atoms with van der Waals surface area (Å²) in [6, 6.07) is 0.179. The molecule has 4 heteroatoms. The SMILES string of the molecule is C=C(N=C(C)NN)[C@@H](C)NC. The van der Waals surface area contributed by atoms with Crippen LogP contribution < -0.4 is 16.6 Å². The van der Waals surface area contributed by atoms with E-state index in [9.17, 15) is 0 Å². The molecule has 0 bridgehead atoms. The summed E-state index contributed by atoms with van der Waals surface area (Å²) in [5.74, 6) is 5.78. The monoisotopic (exact) mass is 156 g/mol. The van der Waals surface area contributed by atoms with E-state index >= 15 is 0 Å². The Kier molecular flexibility index (Phi) is 4.49. The Hall–Kier alpha value is -0.870. The molecule has 4 N–H and O–H groups in total. The zero-order valence-corrected chi connectivity index (χ0v) is 7.31. The van der Waals surface area contributed by atoms with E-state index in [2.05, 4.69) is 22.3 Å². The number of hydrogen-bond donors (Lipinski definition) is 3. The minimum absolute atomic E-state index is 0.179. The third-order valence-electron chi connectivity index (χ3n) is 1.45. The van der Waals surface area contributed by atoms with Gasteiger partial charge in [0.25, 0.3) is 0 Å². The van der Waals surface area contributed by atoms with Gasteiger partial charge in [-0.25, -0.2) is 10.8 Å². The molecule has 0 saturated carbocycles. The molecular weight excluding hydrogens is 140 g/mol. The number of hydrazine groups is 1. The maximum Gasteiger partial charge on any atom is 0.113 e. The normalized spacial score (nSPS) is 14.4. The Labute approximate surface area is 67.5 Å². The lowest BCUT2D eigenvalue weighted by Crippen LogP contribution is -2.29. The molecule has 0 aliphatic carbocycles. The molecule has 0 fully saturated rings. The Morgan fingerprint density at radius 3 is 2.55 bits per heavy atom. The highest BCUT2D eigenvalue weighted by Gasteiger charge is 2.00. The van der Waals surface area contributed by atoms with Crippen molar-refractivity contribution in [3.8, 4) is 0 Å². The second-order valence-electron chi connectivity index (χ2n) is 2.34. The summed E-state index contributed by atoms with van der Waals surface area (Å²) >= 11 is 0. The van der Waals surface area contributed by atoms with Gasteiger partial charge >= 0.3 is 0 Å². The van der Waals surface area contributed by atoms with E-state index < -0.39 is 0 Å². The third-order valence-corrected chi connectivity index (χ3v) is 1.45. The van der Waals surface area contributed by atoms with Crippen LogP contribution in [-0.4, -0.2) is 18.9 Å². The average Bonchev–Trinajstić information content (AvgIpc) is 2.02. The Bertz CT molecular complexity index is 162. The summed E-state index contributed by atoms with van der Waals surface area (Å²) in [7, 11) is 1.86. The fourth-order valence-corrected chi connectivity index (χ4v) is 0.511. The van der Waals surface area contributed by atoms with Crippen LogP contribution in [0.15, 0.2) is 17.3 Å². The van der Waals surface area contributed by atoms with Gasteiger partial charge in [0.1, 0.15) is 5.84 Å². The van der Waals surface area contributed by atoms with Crippen LogP contribution in [0.3, 0.4) is 0 Å². The van der Waals surface area contributed by atoms with Gasteiger partial charge in [-0.1, -0.05) is 6.58 Å². The van der Waals surface area contributed by atoms with E-state index in [1.807, 2.05) is 14.0 Å². The quantitative estimate of drug-likeness (QED) is 0.233. The minimum Gasteiger partial charge on any atom is -0.312 e. The average molecular weight is 156 g/mol. The van der Waals surface area contributed by atoms with Crippen LogP contribution in [0.5, 0.6) is 0 Å². The van der Waals surface area contributed by atoms with Crippen molar-refractivity contribution < 1.29 is 0 Å². The number of aliphatic imine (C=N–C) groups is 1. The standard InChI is InChI=1S/C7H16N4/c1-5(9-4)6(2)10-7(3)11-8/h5,9H,2,8H2,1,3-4H3,(H,10,11)/t5-/m1/s1. The van der Waals surface area contributed by atoms with Gasteiger partial charge in [0.15, 0.2) is 0 Å². The predicted octanol–water partition coefficient (Wildman–Crippen LogP) is -0.0103. The summed E-state index contributed by atoms with van der Waals surface area (Å²) in [5.41, 5.74) is 3.20. The van der Waals surface area contributed by atoms with Crippen LogP contribution in [0.25, 0.3) is 0 Å². The molecule has 0 radical (unpaired) electrons. The second-order valence-corrected chi connectivity index (χ2v) is 2.34. The molecule has 11 heavy (non-hydrogen) atoms. The maximum absolute atomic E-state index is 5.12. The number of nitrogens with zero attached hydrogens (tertiary/aromatic N) is 1. The first kappa shape index (κ1) is 10.1. The summed E-state index contributed by atoms with van der Waals surface area (Å²) in [4.78, 5) is 4.09. The zero-order chi connectivity index (χ0) is 8.85. The number of nitrogens with one attached hydrogen (secondary N) is 2. The highest BCUT2D eigenvalue weighted by Crippen LogP contribution is 1.98. The molecule has 0 aromatic rings. The van der Waals surface area contributed by atoms with Gasteiger partial charge in [0.2, 0.25) is 0 Å². The molecule has 0 aromatic carbocycles. The Balaban J connectivity index is 4.05. The zero-order valence-electron chi connectivity index (χ0n) is 7.31. The van der Waals surface area contributed by atoms with Gasteiger partial charge in [-0.3, -0.25) is 0 Å². The van der Waals surface area contributed by atoms with Gasteiger partial charge < -0.3 is 10.7 Å². The fraction of sp³-hybridized carbons (Fsp3) is 0.571. The van der Waals surface area contributed by atoms with Gasteiger partial charge in [-0.05, 0) is 20.9 Å². The van der Waals surface area contributed by atoms with Crippen LogP contribution in [0.1, 0.15) is 13.8 Å². The molecule has 0 aliphatic rings. The number of nitrogens with two attached hydrogens (primary N) is 1. The van der Waals surface area contributed by atoms with Gasteiger partial charge in [0.05, 0.1) is 5.70 Å².